The number of hydrogen-bond acceptors (Lipinski definition) is 5. The minimum Gasteiger partial charge on any atom is -0.396 e. The fraction of sp³-hybridized carbons (Fsp3) is 0.345. The second-order valence-electron chi connectivity index (χ2n) is 9.68. The highest BCUT2D eigenvalue weighted by Gasteiger charge is 2.55. The first-order valence-corrected chi connectivity index (χ1v) is 12.5. The lowest BCUT2D eigenvalue weighted by molar-refractivity contribution is -0.128. The summed E-state index contributed by atoms with van der Waals surface area (Å²) in [4.78, 5) is 33.6. The number of fused-ring (bicyclic) bond motifs is 4. The molecule has 2 aliphatic heterocycles. The molecule has 4 heterocycles. The molecule has 186 valence electrons. The van der Waals surface area contributed by atoms with Gasteiger partial charge in [-0.3, -0.25) is 19.5 Å². The fourth-order valence-corrected chi connectivity index (χ4v) is 5.90. The Morgan fingerprint density at radius 2 is 1.92 bits per heavy atom. The number of aromatic nitrogens is 2. The van der Waals surface area contributed by atoms with E-state index in [9.17, 15) is 14.7 Å². The first-order chi connectivity index (χ1) is 17.5. The number of nitrogens with zero attached hydrogens (tertiary/aromatic N) is 3. The van der Waals surface area contributed by atoms with Crippen molar-refractivity contribution in [3.8, 4) is 0 Å². The summed E-state index contributed by atoms with van der Waals surface area (Å²) in [7, 11) is 0. The Bertz CT molecular complexity index is 1310. The monoisotopic (exact) mass is 484 g/mol. The number of nitrogens with one attached hydrogen (secondary N) is 1. The van der Waals surface area contributed by atoms with Gasteiger partial charge in [-0.1, -0.05) is 42.5 Å². The molecule has 2 aliphatic rings. The van der Waals surface area contributed by atoms with E-state index in [-0.39, 0.29) is 42.1 Å². The Morgan fingerprint density at radius 3 is 2.61 bits per heavy atom. The molecule has 5 atom stereocenters. The molecule has 7 nitrogen and oxygen atoms in total. The van der Waals surface area contributed by atoms with Crippen molar-refractivity contribution in [1.29, 1.82) is 0 Å². The van der Waals surface area contributed by atoms with E-state index in [1.165, 1.54) is 0 Å². The molecule has 0 unspecified atom stereocenters. The van der Waals surface area contributed by atoms with Gasteiger partial charge in [-0.15, -0.1) is 0 Å². The van der Waals surface area contributed by atoms with Crippen LogP contribution in [0.4, 0.5) is 0 Å². The van der Waals surface area contributed by atoms with Crippen molar-refractivity contribution in [2.75, 3.05) is 6.61 Å². The van der Waals surface area contributed by atoms with E-state index in [1.54, 1.807) is 12.4 Å². The van der Waals surface area contributed by atoms with Gasteiger partial charge in [0.1, 0.15) is 0 Å². The van der Waals surface area contributed by atoms with Gasteiger partial charge < -0.3 is 15.0 Å². The Labute approximate surface area is 211 Å². The lowest BCUT2D eigenvalue weighted by Crippen LogP contribution is -2.46. The summed E-state index contributed by atoms with van der Waals surface area (Å²) in [5.41, 5.74) is 3.49. The van der Waals surface area contributed by atoms with Crippen molar-refractivity contribution in [3.05, 3.63) is 106 Å². The molecule has 1 aromatic carbocycles. The molecular weight excluding hydrogens is 452 g/mol. The van der Waals surface area contributed by atoms with Crippen LogP contribution in [-0.4, -0.2) is 38.1 Å². The van der Waals surface area contributed by atoms with Crippen LogP contribution in [-0.2, 0) is 17.9 Å². The lowest BCUT2D eigenvalue weighted by atomic mass is 9.86. The highest BCUT2D eigenvalue weighted by Crippen LogP contribution is 2.49. The van der Waals surface area contributed by atoms with E-state index in [0.717, 1.165) is 16.8 Å². The second kappa shape index (κ2) is 10.2. The average Bonchev–Trinajstić information content (AvgIpc) is 3.10. The number of amides is 1. The quantitative estimate of drug-likeness (QED) is 0.537. The number of benzene rings is 1. The van der Waals surface area contributed by atoms with Gasteiger partial charge >= 0.3 is 0 Å². The summed E-state index contributed by atoms with van der Waals surface area (Å²) in [6.07, 6.45) is 7.20. The molecule has 1 amide bonds. The van der Waals surface area contributed by atoms with Gasteiger partial charge in [0.25, 0.3) is 5.56 Å². The summed E-state index contributed by atoms with van der Waals surface area (Å²) in [6, 6.07) is 16.9. The summed E-state index contributed by atoms with van der Waals surface area (Å²) < 4.78 is 1.81. The zero-order valence-electron chi connectivity index (χ0n) is 20.6. The Balaban J connectivity index is 1.55. The maximum atomic E-state index is 13.8. The average molecular weight is 485 g/mol. The molecular formula is C29H32N4O3. The van der Waals surface area contributed by atoms with E-state index in [0.29, 0.717) is 18.7 Å². The Kier molecular flexibility index (Phi) is 6.85. The maximum Gasteiger partial charge on any atom is 0.258 e. The number of rotatable bonds is 7. The SMILES string of the molecule is C/C=C\c1ccc2n(c1=O)C[C@@H]1[C@@H](CO)[C@H](C(=O)N[C@H](C)c3ccccc3)[C@H]2N1Cc1ccncc1. The van der Waals surface area contributed by atoms with Crippen LogP contribution in [0.25, 0.3) is 6.08 Å². The zero-order chi connectivity index (χ0) is 25.2. The molecule has 1 fully saturated rings. The van der Waals surface area contributed by atoms with Crippen LogP contribution in [0, 0.1) is 11.8 Å². The number of allylic oxidation sites excluding steroid dienone is 1. The number of carbonyl (C=O) groups excluding carboxylic acids is 1. The van der Waals surface area contributed by atoms with Crippen molar-refractivity contribution >= 4 is 12.0 Å². The van der Waals surface area contributed by atoms with Crippen molar-refractivity contribution in [2.24, 2.45) is 11.8 Å². The van der Waals surface area contributed by atoms with E-state index >= 15 is 0 Å². The van der Waals surface area contributed by atoms with Crippen LogP contribution in [0.2, 0.25) is 0 Å². The van der Waals surface area contributed by atoms with E-state index in [2.05, 4.69) is 15.2 Å². The number of pyridine rings is 2. The first kappa shape index (κ1) is 24.2. The molecule has 0 saturated carbocycles. The molecule has 3 aromatic rings. The van der Waals surface area contributed by atoms with Gasteiger partial charge in [0.05, 0.1) is 18.0 Å². The van der Waals surface area contributed by atoms with Crippen molar-refractivity contribution in [2.45, 2.75) is 45.1 Å². The van der Waals surface area contributed by atoms with Gasteiger partial charge in [0, 0.05) is 55.3 Å². The van der Waals surface area contributed by atoms with Gasteiger partial charge in [-0.25, -0.2) is 0 Å². The minimum absolute atomic E-state index is 0.0560. The zero-order valence-corrected chi connectivity index (χ0v) is 20.6. The largest absolute Gasteiger partial charge is 0.396 e. The molecule has 2 aromatic heterocycles. The molecule has 1 saturated heterocycles. The predicted molar refractivity (Wildman–Crippen MR) is 139 cm³/mol. The van der Waals surface area contributed by atoms with Crippen LogP contribution in [0.15, 0.2) is 77.9 Å². The molecule has 0 spiro atoms. The highest BCUT2D eigenvalue weighted by molar-refractivity contribution is 5.81. The van der Waals surface area contributed by atoms with Gasteiger partial charge in [-0.2, -0.15) is 0 Å². The highest BCUT2D eigenvalue weighted by atomic mass is 16.3. The molecule has 2 bridgehead atoms. The van der Waals surface area contributed by atoms with Crippen molar-refractivity contribution < 1.29 is 9.90 Å². The van der Waals surface area contributed by atoms with Crippen LogP contribution < -0.4 is 10.9 Å². The molecule has 2 N–H and O–H groups in total. The second-order valence-corrected chi connectivity index (χ2v) is 9.68. The molecule has 7 heteroatoms. The summed E-state index contributed by atoms with van der Waals surface area (Å²) >= 11 is 0. The smallest absolute Gasteiger partial charge is 0.258 e. The number of aliphatic hydroxyl groups excluding tert-OH is 1. The summed E-state index contributed by atoms with van der Waals surface area (Å²) in [5.74, 6) is -0.894. The van der Waals surface area contributed by atoms with E-state index < -0.39 is 5.92 Å². The van der Waals surface area contributed by atoms with Crippen molar-refractivity contribution in [3.63, 3.8) is 0 Å². The lowest BCUT2D eigenvalue weighted by Gasteiger charge is -2.38. The number of hydrogen-bond donors (Lipinski definition) is 2. The Morgan fingerprint density at radius 1 is 1.17 bits per heavy atom. The maximum absolute atomic E-state index is 13.8. The van der Waals surface area contributed by atoms with Crippen LogP contribution in [0.5, 0.6) is 0 Å². The van der Waals surface area contributed by atoms with Crippen LogP contribution in [0.3, 0.4) is 0 Å². The number of carbonyl (C=O) groups is 1. The molecule has 36 heavy (non-hydrogen) atoms. The predicted octanol–water partition coefficient (Wildman–Crippen LogP) is 3.32. The Hall–Kier alpha value is -3.55. The van der Waals surface area contributed by atoms with Gasteiger partial charge in [0.15, 0.2) is 0 Å². The topological polar surface area (TPSA) is 87.5 Å². The standard InChI is InChI=1S/C29H32N4O3/c1-3-7-22-10-11-24-27-26(28(35)31-19(2)21-8-5-4-6-9-21)23(18-34)25(17-33(24)29(22)36)32(27)16-20-12-14-30-15-13-20/h3-15,19,23,25-27,34H,16-18H2,1-2H3,(H,31,35)/b7-3-/t19-,23-,25-,26+,27+/m1/s1. The molecule has 5 rings (SSSR count). The first-order valence-electron chi connectivity index (χ1n) is 12.5. The third-order valence-corrected chi connectivity index (χ3v) is 7.62. The summed E-state index contributed by atoms with van der Waals surface area (Å²) in [5, 5.41) is 13.7. The molecule has 0 aliphatic carbocycles. The third kappa shape index (κ3) is 4.29. The van der Waals surface area contributed by atoms with Gasteiger partial charge in [0.2, 0.25) is 5.91 Å². The minimum atomic E-state index is -0.492. The van der Waals surface area contributed by atoms with Crippen molar-refractivity contribution in [1.82, 2.24) is 19.8 Å². The van der Waals surface area contributed by atoms with E-state index in [1.807, 2.05) is 85.2 Å². The normalized spacial score (nSPS) is 24.0. The fourth-order valence-electron chi connectivity index (χ4n) is 5.90. The molecule has 0 radical (unpaired) electrons. The van der Waals surface area contributed by atoms with Crippen LogP contribution in [0.1, 0.15) is 48.3 Å². The van der Waals surface area contributed by atoms with Gasteiger partial charge in [-0.05, 0) is 49.2 Å². The van der Waals surface area contributed by atoms with E-state index in [4.69, 9.17) is 0 Å². The number of aliphatic hydroxyl groups is 1. The summed E-state index contributed by atoms with van der Waals surface area (Å²) in [6.45, 7) is 4.77. The third-order valence-electron chi connectivity index (χ3n) is 7.62. The van der Waals surface area contributed by atoms with Crippen LogP contribution >= 0.6 is 0 Å².